The van der Waals surface area contributed by atoms with Crippen LogP contribution in [0.5, 0.6) is 0 Å². The maximum absolute atomic E-state index is 11.1. The predicted molar refractivity (Wildman–Crippen MR) is 97.5 cm³/mol. The molecule has 0 unspecified atom stereocenters. The first-order valence-corrected chi connectivity index (χ1v) is 8.77. The van der Waals surface area contributed by atoms with Crippen molar-refractivity contribution < 1.29 is 9.82 Å². The van der Waals surface area contributed by atoms with Crippen molar-refractivity contribution in [2.24, 2.45) is 0 Å². The van der Waals surface area contributed by atoms with Gasteiger partial charge in [-0.1, -0.05) is 17.7 Å². The van der Waals surface area contributed by atoms with Gasteiger partial charge in [-0.25, -0.2) is 4.68 Å². The molecule has 3 rings (SSSR count). The Morgan fingerprint density at radius 3 is 2.56 bits per heavy atom. The van der Waals surface area contributed by atoms with Crippen LogP contribution in [-0.4, -0.2) is 40.9 Å². The second kappa shape index (κ2) is 7.01. The maximum Gasteiger partial charge on any atom is 0.312 e. The number of nitrogens with zero attached hydrogens (tertiary/aromatic N) is 4. The van der Waals surface area contributed by atoms with Gasteiger partial charge in [-0.2, -0.15) is 5.10 Å². The molecule has 2 aromatic rings. The fraction of sp³-hybridized carbons (Fsp3) is 0.471. The van der Waals surface area contributed by atoms with Crippen LogP contribution >= 0.6 is 11.6 Å². The Balaban J connectivity index is 1.66. The highest BCUT2D eigenvalue weighted by Gasteiger charge is 2.26. The van der Waals surface area contributed by atoms with Crippen LogP contribution in [0.3, 0.4) is 0 Å². The number of hydrogen-bond acceptors (Lipinski definition) is 4. The zero-order chi connectivity index (χ0) is 18.1. The van der Waals surface area contributed by atoms with Crippen LogP contribution in [0.15, 0.2) is 18.2 Å². The topological polar surface area (TPSA) is 68.6 Å². The van der Waals surface area contributed by atoms with Crippen LogP contribution in [0.1, 0.15) is 17.0 Å². The minimum atomic E-state index is -0.344. The first kappa shape index (κ1) is 17.7. The molecule has 0 amide bonds. The van der Waals surface area contributed by atoms with Crippen LogP contribution in [0.25, 0.3) is 0 Å². The van der Waals surface area contributed by atoms with Crippen LogP contribution in [-0.2, 0) is 6.67 Å². The lowest BCUT2D eigenvalue weighted by atomic mass is 10.1. The number of aromatic nitrogens is 2. The summed E-state index contributed by atoms with van der Waals surface area (Å²) < 4.78 is 1.77. The lowest BCUT2D eigenvalue weighted by Gasteiger charge is -2.34. The van der Waals surface area contributed by atoms with E-state index in [-0.39, 0.29) is 10.6 Å². The third kappa shape index (κ3) is 3.62. The van der Waals surface area contributed by atoms with Crippen LogP contribution in [0.2, 0.25) is 5.02 Å². The van der Waals surface area contributed by atoms with Crippen molar-refractivity contribution in [2.45, 2.75) is 27.4 Å². The van der Waals surface area contributed by atoms with Gasteiger partial charge in [-0.05, 0) is 38.5 Å². The summed E-state index contributed by atoms with van der Waals surface area (Å²) in [6.07, 6.45) is 0. The number of hydrogen-bond donors (Lipinski definition) is 1. The van der Waals surface area contributed by atoms with Crippen LogP contribution in [0, 0.1) is 30.9 Å². The molecule has 1 N–H and O–H groups in total. The minimum absolute atomic E-state index is 0.132. The van der Waals surface area contributed by atoms with Crippen molar-refractivity contribution in [2.75, 3.05) is 31.1 Å². The smallest absolute Gasteiger partial charge is 0.312 e. The average Bonchev–Trinajstić information content (AvgIpc) is 2.84. The number of halogens is 1. The molecule has 0 atom stereocenters. The Morgan fingerprint density at radius 1 is 1.28 bits per heavy atom. The number of benzene rings is 1. The van der Waals surface area contributed by atoms with E-state index in [9.17, 15) is 10.1 Å². The molecule has 0 spiro atoms. The van der Waals surface area contributed by atoms with E-state index in [1.54, 1.807) is 18.5 Å². The number of piperazine rings is 1. The molecule has 2 heterocycles. The summed E-state index contributed by atoms with van der Waals surface area (Å²) in [5.74, 6) is 0. The van der Waals surface area contributed by atoms with Crippen molar-refractivity contribution >= 4 is 23.0 Å². The molecule has 1 fully saturated rings. The first-order chi connectivity index (χ1) is 11.9. The van der Waals surface area contributed by atoms with Crippen molar-refractivity contribution in [3.63, 3.8) is 0 Å². The maximum atomic E-state index is 11.1. The highest BCUT2D eigenvalue weighted by Crippen LogP contribution is 2.24. The normalized spacial score (nSPS) is 15.6. The Labute approximate surface area is 151 Å². The molecule has 134 valence electrons. The fourth-order valence-corrected chi connectivity index (χ4v) is 3.63. The van der Waals surface area contributed by atoms with Gasteiger partial charge >= 0.3 is 5.69 Å². The number of aryl methyl sites for hydroxylation is 2. The van der Waals surface area contributed by atoms with E-state index in [4.69, 9.17) is 11.6 Å². The van der Waals surface area contributed by atoms with Crippen molar-refractivity contribution in [1.29, 1.82) is 0 Å². The van der Waals surface area contributed by atoms with Gasteiger partial charge in [0.25, 0.3) is 0 Å². The number of quaternary nitrogens is 1. The molecule has 1 aromatic heterocycles. The molecule has 0 radical (unpaired) electrons. The molecule has 7 nitrogen and oxygen atoms in total. The number of nitrogens with one attached hydrogen (secondary N) is 1. The third-order valence-corrected chi connectivity index (χ3v) is 5.12. The van der Waals surface area contributed by atoms with Crippen molar-refractivity contribution in [1.82, 2.24) is 9.78 Å². The molecular formula is C17H23ClN5O2+. The molecule has 1 aliphatic heterocycles. The van der Waals surface area contributed by atoms with E-state index in [1.165, 1.54) is 16.2 Å². The molecule has 0 bridgehead atoms. The van der Waals surface area contributed by atoms with Gasteiger partial charge in [0.1, 0.15) is 11.4 Å². The number of anilines is 1. The first-order valence-electron chi connectivity index (χ1n) is 8.40. The molecule has 1 aromatic carbocycles. The van der Waals surface area contributed by atoms with E-state index < -0.39 is 0 Å². The minimum Gasteiger partial charge on any atom is -0.360 e. The number of nitro groups is 1. The summed E-state index contributed by atoms with van der Waals surface area (Å²) >= 11 is 6.13. The molecule has 8 heteroatoms. The summed E-state index contributed by atoms with van der Waals surface area (Å²) in [4.78, 5) is 14.5. The van der Waals surface area contributed by atoms with Crippen molar-refractivity contribution in [3.8, 4) is 0 Å². The second-order valence-corrected chi connectivity index (χ2v) is 7.04. The summed E-state index contributed by atoms with van der Waals surface area (Å²) in [6.45, 7) is 9.98. The molecule has 1 saturated heterocycles. The lowest BCUT2D eigenvalue weighted by Crippen LogP contribution is -3.14. The predicted octanol–water partition coefficient (Wildman–Crippen LogP) is 1.73. The molecule has 0 saturated carbocycles. The standard InChI is InChI=1S/C17H22ClN5O2/c1-12-4-5-15(18)10-16(12)21-8-6-20(7-9-21)11-22-14(3)17(23(24)25)13(2)19-22/h4-5,10H,6-9,11H2,1-3H3/p+1. The Bertz CT molecular complexity index is 797. The summed E-state index contributed by atoms with van der Waals surface area (Å²) in [7, 11) is 0. The third-order valence-electron chi connectivity index (χ3n) is 4.88. The van der Waals surface area contributed by atoms with Crippen LogP contribution < -0.4 is 9.80 Å². The van der Waals surface area contributed by atoms with E-state index >= 15 is 0 Å². The Hall–Kier alpha value is -2.12. The van der Waals surface area contributed by atoms with Gasteiger partial charge in [0.05, 0.1) is 31.1 Å². The van der Waals surface area contributed by atoms with E-state index in [0.29, 0.717) is 18.1 Å². The highest BCUT2D eigenvalue weighted by molar-refractivity contribution is 6.30. The average molecular weight is 365 g/mol. The molecular weight excluding hydrogens is 342 g/mol. The van der Waals surface area contributed by atoms with Gasteiger partial charge in [0, 0.05) is 10.7 Å². The zero-order valence-corrected chi connectivity index (χ0v) is 15.5. The monoisotopic (exact) mass is 364 g/mol. The van der Waals surface area contributed by atoms with E-state index in [2.05, 4.69) is 16.9 Å². The summed E-state index contributed by atoms with van der Waals surface area (Å²) in [5, 5.41) is 16.2. The molecule has 1 aliphatic rings. The van der Waals surface area contributed by atoms with Gasteiger partial charge in [-0.3, -0.25) is 10.1 Å². The second-order valence-electron chi connectivity index (χ2n) is 6.60. The Kier molecular flexibility index (Phi) is 4.96. The number of rotatable bonds is 4. The fourth-order valence-electron chi connectivity index (χ4n) is 3.46. The van der Waals surface area contributed by atoms with Gasteiger partial charge < -0.3 is 9.80 Å². The summed E-state index contributed by atoms with van der Waals surface area (Å²) in [5.41, 5.74) is 3.65. The van der Waals surface area contributed by atoms with Crippen LogP contribution in [0.4, 0.5) is 11.4 Å². The summed E-state index contributed by atoms with van der Waals surface area (Å²) in [6, 6.07) is 5.98. The van der Waals surface area contributed by atoms with Crippen molar-refractivity contribution in [3.05, 3.63) is 50.3 Å². The molecule has 25 heavy (non-hydrogen) atoms. The lowest BCUT2D eigenvalue weighted by molar-refractivity contribution is -0.924. The SMILES string of the molecule is Cc1ccc(Cl)cc1N1CC[NH+](Cn2nc(C)c([N+](=O)[O-])c2C)CC1. The zero-order valence-electron chi connectivity index (χ0n) is 14.8. The van der Waals surface area contributed by atoms with Gasteiger partial charge in [0.15, 0.2) is 6.67 Å². The van der Waals surface area contributed by atoms with Gasteiger partial charge in [-0.15, -0.1) is 0 Å². The highest BCUT2D eigenvalue weighted by atomic mass is 35.5. The largest absolute Gasteiger partial charge is 0.360 e. The quantitative estimate of drug-likeness (QED) is 0.662. The Morgan fingerprint density at radius 2 is 1.96 bits per heavy atom. The van der Waals surface area contributed by atoms with E-state index in [0.717, 1.165) is 31.2 Å². The van der Waals surface area contributed by atoms with Gasteiger partial charge in [0.2, 0.25) is 0 Å². The molecule has 0 aliphatic carbocycles. The van der Waals surface area contributed by atoms with E-state index in [1.807, 2.05) is 18.2 Å².